The van der Waals surface area contributed by atoms with Gasteiger partial charge in [-0.25, -0.2) is 16.8 Å². The van der Waals surface area contributed by atoms with Crippen LogP contribution in [0.4, 0.5) is 0 Å². The molecule has 0 N–H and O–H groups in total. The Labute approximate surface area is 108 Å². The lowest BCUT2D eigenvalue weighted by molar-refractivity contribution is 0.297. The molecule has 1 unspecified atom stereocenters. The minimum absolute atomic E-state index is 0.182. The van der Waals surface area contributed by atoms with Crippen molar-refractivity contribution < 1.29 is 21.6 Å². The van der Waals surface area contributed by atoms with Crippen LogP contribution in [0.25, 0.3) is 0 Å². The lowest BCUT2D eigenvalue weighted by atomic mass is 10.3. The van der Waals surface area contributed by atoms with Crippen molar-refractivity contribution in [1.29, 1.82) is 0 Å². The monoisotopic (exact) mass is 318 g/mol. The van der Waals surface area contributed by atoms with E-state index in [-0.39, 0.29) is 5.75 Å². The van der Waals surface area contributed by atoms with E-state index in [1.54, 1.807) is 18.2 Å². The van der Waals surface area contributed by atoms with Gasteiger partial charge in [0.25, 0.3) is 9.05 Å². The third kappa shape index (κ3) is 5.58. The standard InChI is InChI=1S/C8H8Cl2O5S2/c9-16(11,12)6-8(17(10,13)14)15-7-4-2-1-3-5-7/h1-5,8H,6H2. The van der Waals surface area contributed by atoms with E-state index < -0.39 is 29.3 Å². The van der Waals surface area contributed by atoms with Crippen LogP contribution < -0.4 is 4.74 Å². The number of para-hydroxylation sites is 1. The van der Waals surface area contributed by atoms with Crippen molar-refractivity contribution in [2.45, 2.75) is 5.44 Å². The zero-order chi connectivity index (χ0) is 13.1. The third-order valence-corrected chi connectivity index (χ3v) is 4.44. The van der Waals surface area contributed by atoms with Crippen LogP contribution in [0.1, 0.15) is 0 Å². The molecule has 1 atom stereocenters. The minimum Gasteiger partial charge on any atom is -0.472 e. The fourth-order valence-corrected chi connectivity index (χ4v) is 3.93. The normalized spacial score (nSPS) is 14.2. The Morgan fingerprint density at radius 3 is 2.00 bits per heavy atom. The summed E-state index contributed by atoms with van der Waals surface area (Å²) in [4.78, 5) is 0. The molecule has 0 fully saturated rings. The lowest BCUT2D eigenvalue weighted by Crippen LogP contribution is -2.30. The summed E-state index contributed by atoms with van der Waals surface area (Å²) in [6.45, 7) is 0. The number of benzene rings is 1. The molecule has 0 saturated carbocycles. The molecule has 17 heavy (non-hydrogen) atoms. The number of halogens is 2. The van der Waals surface area contributed by atoms with E-state index in [4.69, 9.17) is 26.1 Å². The topological polar surface area (TPSA) is 77.5 Å². The summed E-state index contributed by atoms with van der Waals surface area (Å²) < 4.78 is 48.9. The van der Waals surface area contributed by atoms with Gasteiger partial charge >= 0.3 is 0 Å². The van der Waals surface area contributed by atoms with Gasteiger partial charge in [-0.1, -0.05) is 18.2 Å². The highest BCUT2D eigenvalue weighted by molar-refractivity contribution is 8.17. The number of ether oxygens (including phenoxy) is 1. The summed E-state index contributed by atoms with van der Waals surface area (Å²) in [5.41, 5.74) is -1.74. The second-order valence-electron chi connectivity index (χ2n) is 3.04. The first-order chi connectivity index (χ1) is 7.68. The molecule has 0 spiro atoms. The molecule has 0 aliphatic carbocycles. The van der Waals surface area contributed by atoms with E-state index in [0.29, 0.717) is 0 Å². The Morgan fingerprint density at radius 2 is 1.59 bits per heavy atom. The van der Waals surface area contributed by atoms with E-state index in [1.165, 1.54) is 12.1 Å². The van der Waals surface area contributed by atoms with Gasteiger partial charge in [-0.2, -0.15) is 0 Å². The Balaban J connectivity index is 2.94. The summed E-state index contributed by atoms with van der Waals surface area (Å²) >= 11 is 0. The summed E-state index contributed by atoms with van der Waals surface area (Å²) in [7, 11) is 1.80. The van der Waals surface area contributed by atoms with Gasteiger partial charge in [0.05, 0.1) is 0 Å². The van der Waals surface area contributed by atoms with Crippen LogP contribution in [-0.4, -0.2) is 28.0 Å². The van der Waals surface area contributed by atoms with Crippen LogP contribution in [0.5, 0.6) is 5.75 Å². The molecule has 0 aliphatic heterocycles. The summed E-state index contributed by atoms with van der Waals surface area (Å²) in [6, 6.07) is 7.83. The Morgan fingerprint density at radius 1 is 1.06 bits per heavy atom. The SMILES string of the molecule is O=S(=O)(Cl)CC(Oc1ccccc1)S(=O)(=O)Cl. The molecule has 0 aliphatic rings. The van der Waals surface area contributed by atoms with Gasteiger partial charge in [-0.15, -0.1) is 0 Å². The molecule has 5 nitrogen and oxygen atoms in total. The van der Waals surface area contributed by atoms with Crippen molar-refractivity contribution in [2.75, 3.05) is 5.75 Å². The zero-order valence-electron chi connectivity index (χ0n) is 8.28. The van der Waals surface area contributed by atoms with Crippen LogP contribution in [0, 0.1) is 0 Å². The highest BCUT2D eigenvalue weighted by Crippen LogP contribution is 2.18. The Bertz CT molecular complexity index is 567. The lowest BCUT2D eigenvalue weighted by Gasteiger charge is -2.14. The van der Waals surface area contributed by atoms with Gasteiger partial charge in [0, 0.05) is 21.4 Å². The van der Waals surface area contributed by atoms with Crippen LogP contribution >= 0.6 is 21.4 Å². The molecule has 9 heteroatoms. The van der Waals surface area contributed by atoms with Crippen LogP contribution in [0.3, 0.4) is 0 Å². The van der Waals surface area contributed by atoms with Crippen LogP contribution in [0.15, 0.2) is 30.3 Å². The molecule has 1 aromatic rings. The van der Waals surface area contributed by atoms with E-state index in [0.717, 1.165) is 0 Å². The van der Waals surface area contributed by atoms with Gasteiger partial charge in [0.1, 0.15) is 11.5 Å². The predicted octanol–water partition coefficient (Wildman–Crippen LogP) is 1.53. The van der Waals surface area contributed by atoms with Gasteiger partial charge in [-0.3, -0.25) is 0 Å². The molecule has 0 saturated heterocycles. The van der Waals surface area contributed by atoms with Crippen molar-refractivity contribution in [3.05, 3.63) is 30.3 Å². The van der Waals surface area contributed by atoms with Gasteiger partial charge in [-0.05, 0) is 12.1 Å². The van der Waals surface area contributed by atoms with Gasteiger partial charge < -0.3 is 4.74 Å². The Hall–Kier alpha value is -0.500. The summed E-state index contributed by atoms with van der Waals surface area (Å²) in [5, 5.41) is 0. The number of rotatable bonds is 5. The maximum absolute atomic E-state index is 11.1. The second kappa shape index (κ2) is 5.43. The molecule has 0 heterocycles. The molecule has 0 amide bonds. The molecule has 1 rings (SSSR count). The second-order valence-corrected chi connectivity index (χ2v) is 8.63. The van der Waals surface area contributed by atoms with Crippen molar-refractivity contribution in [3.63, 3.8) is 0 Å². The van der Waals surface area contributed by atoms with E-state index >= 15 is 0 Å². The van der Waals surface area contributed by atoms with E-state index in [9.17, 15) is 16.8 Å². The van der Waals surface area contributed by atoms with E-state index in [1.807, 2.05) is 0 Å². The van der Waals surface area contributed by atoms with Gasteiger partial charge in [0.2, 0.25) is 14.5 Å². The maximum Gasteiger partial charge on any atom is 0.271 e. The molecular formula is C8H8Cl2O5S2. The molecule has 1 aromatic carbocycles. The highest BCUT2D eigenvalue weighted by Gasteiger charge is 2.30. The maximum atomic E-state index is 11.1. The van der Waals surface area contributed by atoms with E-state index in [2.05, 4.69) is 0 Å². The average Bonchev–Trinajstić information content (AvgIpc) is 2.15. The van der Waals surface area contributed by atoms with Gasteiger partial charge in [0.15, 0.2) is 0 Å². The molecular weight excluding hydrogens is 311 g/mol. The number of hydrogen-bond donors (Lipinski definition) is 0. The average molecular weight is 319 g/mol. The molecule has 0 bridgehead atoms. The molecule has 96 valence electrons. The summed E-state index contributed by atoms with van der Waals surface area (Å²) in [6.07, 6.45) is 0. The van der Waals surface area contributed by atoms with Crippen LogP contribution in [0.2, 0.25) is 0 Å². The first-order valence-electron chi connectivity index (χ1n) is 4.26. The molecule has 0 radical (unpaired) electrons. The first kappa shape index (κ1) is 14.6. The zero-order valence-corrected chi connectivity index (χ0v) is 11.4. The first-order valence-corrected chi connectivity index (χ1v) is 9.11. The van der Waals surface area contributed by atoms with Crippen molar-refractivity contribution in [1.82, 2.24) is 0 Å². The number of hydrogen-bond acceptors (Lipinski definition) is 5. The minimum atomic E-state index is -4.21. The molecule has 0 aromatic heterocycles. The third-order valence-electron chi connectivity index (χ3n) is 1.66. The summed E-state index contributed by atoms with van der Waals surface area (Å²) in [5.74, 6) is -0.739. The van der Waals surface area contributed by atoms with Crippen LogP contribution in [-0.2, 0) is 18.1 Å². The fourth-order valence-electron chi connectivity index (χ4n) is 0.986. The van der Waals surface area contributed by atoms with Crippen molar-refractivity contribution in [2.24, 2.45) is 0 Å². The largest absolute Gasteiger partial charge is 0.472 e. The van der Waals surface area contributed by atoms with Crippen molar-refractivity contribution >= 4 is 39.5 Å². The highest BCUT2D eigenvalue weighted by atomic mass is 35.7. The fraction of sp³-hybridized carbons (Fsp3) is 0.250. The Kier molecular flexibility index (Phi) is 4.65. The quantitative estimate of drug-likeness (QED) is 0.769. The van der Waals surface area contributed by atoms with Crippen molar-refractivity contribution in [3.8, 4) is 5.75 Å². The predicted molar refractivity (Wildman–Crippen MR) is 65.3 cm³/mol. The smallest absolute Gasteiger partial charge is 0.271 e.